The molecule has 0 saturated heterocycles. The largest absolute Gasteiger partial charge is 0.477 e. The Kier molecular flexibility index (Phi) is 2.88. The first-order valence-corrected chi connectivity index (χ1v) is 5.50. The molecule has 0 radical (unpaired) electrons. The summed E-state index contributed by atoms with van der Waals surface area (Å²) in [6.07, 6.45) is 0. The van der Waals surface area contributed by atoms with Gasteiger partial charge in [-0.25, -0.2) is 9.78 Å². The molecule has 1 aromatic heterocycles. The number of aromatic nitrogens is 1. The molecular weight excluding hydrogens is 240 g/mol. The maximum atomic E-state index is 12.0. The van der Waals surface area contributed by atoms with Crippen molar-refractivity contribution in [2.24, 2.45) is 0 Å². The molecule has 86 valence electrons. The first-order chi connectivity index (χ1) is 8.09. The maximum Gasteiger partial charge on any atom is 0.348 e. The highest BCUT2D eigenvalue weighted by molar-refractivity contribution is 7.17. The molecule has 2 aromatic rings. The first-order valence-electron chi connectivity index (χ1n) is 4.69. The van der Waals surface area contributed by atoms with Gasteiger partial charge in [0.25, 0.3) is 0 Å². The van der Waals surface area contributed by atoms with Crippen LogP contribution in [-0.2, 0) is 0 Å². The fourth-order valence-electron chi connectivity index (χ4n) is 1.36. The minimum absolute atomic E-state index is 0.0710. The first kappa shape index (κ1) is 11.3. The van der Waals surface area contributed by atoms with E-state index in [9.17, 15) is 9.59 Å². The molecule has 3 N–H and O–H groups in total. The van der Waals surface area contributed by atoms with Crippen LogP contribution in [0.1, 0.15) is 25.7 Å². The van der Waals surface area contributed by atoms with Crippen molar-refractivity contribution in [1.82, 2.24) is 4.98 Å². The van der Waals surface area contributed by atoms with Gasteiger partial charge < -0.3 is 10.8 Å². The van der Waals surface area contributed by atoms with Gasteiger partial charge in [0.2, 0.25) is 5.78 Å². The summed E-state index contributed by atoms with van der Waals surface area (Å²) in [5.74, 6) is -1.63. The molecule has 0 unspecified atom stereocenters. The molecule has 17 heavy (non-hydrogen) atoms. The summed E-state index contributed by atoms with van der Waals surface area (Å²) in [6, 6.07) is 8.37. The Bertz CT molecular complexity index is 578. The lowest BCUT2D eigenvalue weighted by atomic mass is 10.1. The third-order valence-corrected chi connectivity index (χ3v) is 2.96. The van der Waals surface area contributed by atoms with E-state index >= 15 is 0 Å². The Morgan fingerprint density at radius 2 is 1.88 bits per heavy atom. The van der Waals surface area contributed by atoms with Gasteiger partial charge in [0, 0.05) is 5.56 Å². The number of ketones is 1. The van der Waals surface area contributed by atoms with Crippen LogP contribution in [-0.4, -0.2) is 21.8 Å². The van der Waals surface area contributed by atoms with E-state index in [-0.39, 0.29) is 15.7 Å². The van der Waals surface area contributed by atoms with Crippen LogP contribution in [0.4, 0.5) is 5.13 Å². The van der Waals surface area contributed by atoms with Gasteiger partial charge >= 0.3 is 5.97 Å². The summed E-state index contributed by atoms with van der Waals surface area (Å²) in [4.78, 5) is 26.6. The maximum absolute atomic E-state index is 12.0. The fourth-order valence-corrected chi connectivity index (χ4v) is 2.03. The summed E-state index contributed by atoms with van der Waals surface area (Å²) in [6.45, 7) is 0. The highest BCUT2D eigenvalue weighted by atomic mass is 32.1. The van der Waals surface area contributed by atoms with E-state index < -0.39 is 11.8 Å². The Balaban J connectivity index is 2.48. The van der Waals surface area contributed by atoms with Crippen LogP contribution in [0, 0.1) is 0 Å². The van der Waals surface area contributed by atoms with E-state index in [1.54, 1.807) is 30.3 Å². The number of nitrogens with two attached hydrogens (primary N) is 1. The quantitative estimate of drug-likeness (QED) is 0.805. The highest BCUT2D eigenvalue weighted by Gasteiger charge is 2.22. The molecule has 0 amide bonds. The normalized spacial score (nSPS) is 10.1. The van der Waals surface area contributed by atoms with Crippen LogP contribution in [0.2, 0.25) is 0 Å². The zero-order chi connectivity index (χ0) is 12.4. The minimum Gasteiger partial charge on any atom is -0.477 e. The Morgan fingerprint density at radius 1 is 1.24 bits per heavy atom. The zero-order valence-corrected chi connectivity index (χ0v) is 9.40. The van der Waals surface area contributed by atoms with Crippen molar-refractivity contribution in [3.05, 3.63) is 46.5 Å². The number of rotatable bonds is 3. The van der Waals surface area contributed by atoms with Gasteiger partial charge in [-0.15, -0.1) is 0 Å². The van der Waals surface area contributed by atoms with Crippen LogP contribution in [0.25, 0.3) is 0 Å². The third-order valence-electron chi connectivity index (χ3n) is 2.09. The van der Waals surface area contributed by atoms with Gasteiger partial charge in [-0.1, -0.05) is 41.7 Å². The number of benzene rings is 1. The number of nitrogens with zero attached hydrogens (tertiary/aromatic N) is 1. The molecule has 6 heteroatoms. The number of aromatic carboxylic acids is 1. The molecule has 0 aliphatic rings. The van der Waals surface area contributed by atoms with Crippen molar-refractivity contribution >= 4 is 28.2 Å². The molecule has 0 aliphatic heterocycles. The van der Waals surface area contributed by atoms with Crippen LogP contribution < -0.4 is 5.73 Å². The number of carbonyl (C=O) groups excluding carboxylic acids is 1. The summed E-state index contributed by atoms with van der Waals surface area (Å²) in [7, 11) is 0. The second-order valence-corrected chi connectivity index (χ2v) is 4.26. The molecule has 0 saturated carbocycles. The smallest absolute Gasteiger partial charge is 0.348 e. The van der Waals surface area contributed by atoms with Crippen molar-refractivity contribution in [2.45, 2.75) is 0 Å². The number of hydrogen-bond acceptors (Lipinski definition) is 5. The fraction of sp³-hybridized carbons (Fsp3) is 0. The van der Waals surface area contributed by atoms with Crippen LogP contribution in [0.5, 0.6) is 0 Å². The summed E-state index contributed by atoms with van der Waals surface area (Å²) in [5, 5.41) is 9.01. The number of nitrogen functional groups attached to an aromatic ring is 1. The average Bonchev–Trinajstić information content (AvgIpc) is 2.72. The second kappa shape index (κ2) is 4.34. The molecule has 5 nitrogen and oxygen atoms in total. The molecule has 1 heterocycles. The predicted octanol–water partition coefficient (Wildman–Crippen LogP) is 1.65. The molecule has 0 bridgehead atoms. The van der Waals surface area contributed by atoms with Crippen LogP contribution in [0.3, 0.4) is 0 Å². The number of carbonyl (C=O) groups is 2. The van der Waals surface area contributed by atoms with Crippen molar-refractivity contribution in [2.75, 3.05) is 5.73 Å². The lowest BCUT2D eigenvalue weighted by Crippen LogP contribution is -2.08. The topological polar surface area (TPSA) is 93.3 Å². The van der Waals surface area contributed by atoms with Crippen molar-refractivity contribution < 1.29 is 14.7 Å². The Hall–Kier alpha value is -2.21. The monoisotopic (exact) mass is 248 g/mol. The lowest BCUT2D eigenvalue weighted by Gasteiger charge is -1.98. The summed E-state index contributed by atoms with van der Waals surface area (Å²) in [5.41, 5.74) is 5.71. The Labute approximate surface area is 101 Å². The van der Waals surface area contributed by atoms with Crippen molar-refractivity contribution in [3.63, 3.8) is 0 Å². The number of hydrogen-bond donors (Lipinski definition) is 2. The SMILES string of the molecule is Nc1nc(C(=O)c2ccccc2)c(C(=O)O)s1. The van der Waals surface area contributed by atoms with Gasteiger partial charge in [0.1, 0.15) is 10.6 Å². The van der Waals surface area contributed by atoms with E-state index in [1.807, 2.05) is 0 Å². The number of carboxylic acid groups (broad SMARTS) is 1. The molecule has 2 rings (SSSR count). The zero-order valence-electron chi connectivity index (χ0n) is 8.58. The van der Waals surface area contributed by atoms with E-state index in [4.69, 9.17) is 10.8 Å². The Morgan fingerprint density at radius 3 is 2.47 bits per heavy atom. The average molecular weight is 248 g/mol. The second-order valence-electron chi connectivity index (χ2n) is 3.23. The van der Waals surface area contributed by atoms with E-state index in [1.165, 1.54) is 0 Å². The molecule has 0 spiro atoms. The third kappa shape index (κ3) is 2.16. The molecule has 0 atom stereocenters. The lowest BCUT2D eigenvalue weighted by molar-refractivity contribution is 0.0698. The minimum atomic E-state index is -1.20. The number of carboxylic acids is 1. The van der Waals surface area contributed by atoms with E-state index in [2.05, 4.69) is 4.98 Å². The summed E-state index contributed by atoms with van der Waals surface area (Å²) < 4.78 is 0. The highest BCUT2D eigenvalue weighted by Crippen LogP contribution is 2.22. The van der Waals surface area contributed by atoms with Gasteiger partial charge in [-0.2, -0.15) is 0 Å². The predicted molar refractivity (Wildman–Crippen MR) is 63.4 cm³/mol. The molecular formula is C11H8N2O3S. The van der Waals surface area contributed by atoms with Crippen molar-refractivity contribution in [3.8, 4) is 0 Å². The van der Waals surface area contributed by atoms with E-state index in [0.29, 0.717) is 5.56 Å². The molecule has 0 aliphatic carbocycles. The van der Waals surface area contributed by atoms with Gasteiger partial charge in [-0.05, 0) is 0 Å². The van der Waals surface area contributed by atoms with E-state index in [0.717, 1.165) is 11.3 Å². The molecule has 0 fully saturated rings. The molecule has 1 aromatic carbocycles. The van der Waals surface area contributed by atoms with Crippen LogP contribution >= 0.6 is 11.3 Å². The standard InChI is InChI=1S/C11H8N2O3S/c12-11-13-7(9(17-11)10(15)16)8(14)6-4-2-1-3-5-6/h1-5H,(H2,12,13)(H,15,16). The van der Waals surface area contributed by atoms with Gasteiger partial charge in [0.05, 0.1) is 0 Å². The summed E-state index contributed by atoms with van der Waals surface area (Å²) >= 11 is 0.792. The number of thiazole rings is 1. The van der Waals surface area contributed by atoms with Crippen molar-refractivity contribution in [1.29, 1.82) is 0 Å². The number of anilines is 1. The van der Waals surface area contributed by atoms with Gasteiger partial charge in [-0.3, -0.25) is 4.79 Å². The van der Waals surface area contributed by atoms with Crippen LogP contribution in [0.15, 0.2) is 30.3 Å². The van der Waals surface area contributed by atoms with Gasteiger partial charge in [0.15, 0.2) is 5.13 Å².